The summed E-state index contributed by atoms with van der Waals surface area (Å²) < 4.78 is 0. The molecule has 162 valence electrons. The second kappa shape index (κ2) is 10.3. The SMILES string of the molecule is Cc1cc(O)cc(C)c1C[C@H](N)C(=O)N([C@H](C)C(N)=O)[C@@H](C)CCc1ccccc1. The maximum Gasteiger partial charge on any atom is 0.240 e. The first-order valence-electron chi connectivity index (χ1n) is 10.3. The topological polar surface area (TPSA) is 110 Å². The lowest BCUT2D eigenvalue weighted by Crippen LogP contribution is -2.56. The maximum absolute atomic E-state index is 13.3. The minimum absolute atomic E-state index is 0.187. The lowest BCUT2D eigenvalue weighted by molar-refractivity contribution is -0.142. The molecule has 2 amide bonds. The lowest BCUT2D eigenvalue weighted by Gasteiger charge is -2.35. The number of benzene rings is 2. The average Bonchev–Trinajstić information content (AvgIpc) is 2.69. The predicted octanol–water partition coefficient (Wildman–Crippen LogP) is 2.60. The molecule has 0 saturated carbocycles. The van der Waals surface area contributed by atoms with Crippen LogP contribution in [0.5, 0.6) is 5.75 Å². The second-order valence-electron chi connectivity index (χ2n) is 8.07. The average molecular weight is 412 g/mol. The minimum Gasteiger partial charge on any atom is -0.508 e. The van der Waals surface area contributed by atoms with Crippen molar-refractivity contribution in [1.82, 2.24) is 4.90 Å². The highest BCUT2D eigenvalue weighted by atomic mass is 16.3. The molecular weight excluding hydrogens is 378 g/mol. The molecule has 0 heterocycles. The smallest absolute Gasteiger partial charge is 0.240 e. The van der Waals surface area contributed by atoms with E-state index in [0.717, 1.165) is 23.1 Å². The van der Waals surface area contributed by atoms with Crippen LogP contribution in [-0.4, -0.2) is 39.9 Å². The fourth-order valence-corrected chi connectivity index (χ4v) is 3.88. The van der Waals surface area contributed by atoms with Crippen molar-refractivity contribution in [2.75, 3.05) is 0 Å². The van der Waals surface area contributed by atoms with E-state index in [1.54, 1.807) is 19.1 Å². The molecule has 0 bridgehead atoms. The molecular formula is C24H33N3O3. The first kappa shape index (κ1) is 23.4. The van der Waals surface area contributed by atoms with Crippen molar-refractivity contribution in [3.63, 3.8) is 0 Å². The molecule has 0 aliphatic heterocycles. The number of carbonyl (C=O) groups is 2. The Morgan fingerprint density at radius 2 is 1.63 bits per heavy atom. The van der Waals surface area contributed by atoms with Gasteiger partial charge < -0.3 is 21.5 Å². The molecule has 30 heavy (non-hydrogen) atoms. The third-order valence-electron chi connectivity index (χ3n) is 5.67. The van der Waals surface area contributed by atoms with Crippen molar-refractivity contribution in [2.45, 2.75) is 65.1 Å². The molecule has 6 heteroatoms. The summed E-state index contributed by atoms with van der Waals surface area (Å²) >= 11 is 0. The highest BCUT2D eigenvalue weighted by Gasteiger charge is 2.32. The number of hydrogen-bond acceptors (Lipinski definition) is 4. The van der Waals surface area contributed by atoms with Gasteiger partial charge in [0.15, 0.2) is 0 Å². The summed E-state index contributed by atoms with van der Waals surface area (Å²) in [4.78, 5) is 26.7. The summed E-state index contributed by atoms with van der Waals surface area (Å²) in [5.41, 5.74) is 15.7. The zero-order valence-electron chi connectivity index (χ0n) is 18.3. The van der Waals surface area contributed by atoms with Crippen LogP contribution in [-0.2, 0) is 22.4 Å². The van der Waals surface area contributed by atoms with Crippen LogP contribution in [0, 0.1) is 13.8 Å². The van der Waals surface area contributed by atoms with E-state index in [9.17, 15) is 14.7 Å². The van der Waals surface area contributed by atoms with Gasteiger partial charge in [-0.3, -0.25) is 9.59 Å². The van der Waals surface area contributed by atoms with E-state index in [1.807, 2.05) is 51.1 Å². The molecule has 6 nitrogen and oxygen atoms in total. The van der Waals surface area contributed by atoms with Crippen molar-refractivity contribution in [2.24, 2.45) is 11.5 Å². The molecule has 0 fully saturated rings. The third-order valence-corrected chi connectivity index (χ3v) is 5.67. The van der Waals surface area contributed by atoms with Crippen molar-refractivity contribution >= 4 is 11.8 Å². The van der Waals surface area contributed by atoms with Gasteiger partial charge in [0.05, 0.1) is 6.04 Å². The second-order valence-corrected chi connectivity index (χ2v) is 8.07. The zero-order valence-corrected chi connectivity index (χ0v) is 18.3. The van der Waals surface area contributed by atoms with Gasteiger partial charge in [-0.2, -0.15) is 0 Å². The van der Waals surface area contributed by atoms with Gasteiger partial charge in [-0.25, -0.2) is 0 Å². The van der Waals surface area contributed by atoms with Gasteiger partial charge in [-0.05, 0) is 81.3 Å². The number of phenolic OH excluding ortho intramolecular Hbond substituents is 1. The van der Waals surface area contributed by atoms with Gasteiger partial charge in [0, 0.05) is 6.04 Å². The summed E-state index contributed by atoms with van der Waals surface area (Å²) in [6.45, 7) is 7.32. The fraction of sp³-hybridized carbons (Fsp3) is 0.417. The lowest BCUT2D eigenvalue weighted by atomic mass is 9.95. The summed E-state index contributed by atoms with van der Waals surface area (Å²) in [6.07, 6.45) is 1.80. The van der Waals surface area contributed by atoms with Crippen LogP contribution in [0.2, 0.25) is 0 Å². The Morgan fingerprint density at radius 3 is 2.17 bits per heavy atom. The summed E-state index contributed by atoms with van der Waals surface area (Å²) in [5, 5.41) is 9.75. The van der Waals surface area contributed by atoms with E-state index < -0.39 is 18.0 Å². The largest absolute Gasteiger partial charge is 0.508 e. The van der Waals surface area contributed by atoms with E-state index in [0.29, 0.717) is 12.8 Å². The van der Waals surface area contributed by atoms with Crippen molar-refractivity contribution in [1.29, 1.82) is 0 Å². The molecule has 2 rings (SSSR count). The Morgan fingerprint density at radius 1 is 1.07 bits per heavy atom. The minimum atomic E-state index is -0.812. The van der Waals surface area contributed by atoms with Gasteiger partial charge in [-0.15, -0.1) is 0 Å². The van der Waals surface area contributed by atoms with Crippen LogP contribution in [0.3, 0.4) is 0 Å². The molecule has 0 aliphatic rings. The highest BCUT2D eigenvalue weighted by molar-refractivity contribution is 5.89. The first-order valence-corrected chi connectivity index (χ1v) is 10.3. The van der Waals surface area contributed by atoms with Gasteiger partial charge in [0.2, 0.25) is 11.8 Å². The number of primary amides is 1. The molecule has 0 saturated heterocycles. The quantitative estimate of drug-likeness (QED) is 0.589. The zero-order chi connectivity index (χ0) is 22.4. The first-order chi connectivity index (χ1) is 14.1. The number of hydrogen-bond donors (Lipinski definition) is 3. The predicted molar refractivity (Wildman–Crippen MR) is 119 cm³/mol. The van der Waals surface area contributed by atoms with E-state index in [4.69, 9.17) is 11.5 Å². The highest BCUT2D eigenvalue weighted by Crippen LogP contribution is 2.23. The number of aromatic hydroxyl groups is 1. The van der Waals surface area contributed by atoms with Crippen molar-refractivity contribution < 1.29 is 14.7 Å². The van der Waals surface area contributed by atoms with Crippen LogP contribution in [0.15, 0.2) is 42.5 Å². The Bertz CT molecular complexity index is 860. The molecule has 0 aromatic heterocycles. The number of carbonyl (C=O) groups excluding carboxylic acids is 2. The molecule has 3 atom stereocenters. The number of nitrogens with zero attached hydrogens (tertiary/aromatic N) is 1. The Kier molecular flexibility index (Phi) is 8.00. The van der Waals surface area contributed by atoms with E-state index in [1.165, 1.54) is 10.5 Å². The Hall–Kier alpha value is -2.86. The maximum atomic E-state index is 13.3. The van der Waals surface area contributed by atoms with Gasteiger partial charge >= 0.3 is 0 Å². The molecule has 0 spiro atoms. The molecule has 0 aliphatic carbocycles. The summed E-state index contributed by atoms with van der Waals surface area (Å²) in [6, 6.07) is 11.6. The van der Waals surface area contributed by atoms with Crippen LogP contribution in [0.1, 0.15) is 42.5 Å². The van der Waals surface area contributed by atoms with Gasteiger partial charge in [-0.1, -0.05) is 30.3 Å². The number of aryl methyl sites for hydroxylation is 3. The Balaban J connectivity index is 2.18. The third kappa shape index (κ3) is 5.83. The normalized spacial score (nSPS) is 14.0. The molecule has 0 unspecified atom stereocenters. The van der Waals surface area contributed by atoms with Crippen LogP contribution in [0.4, 0.5) is 0 Å². The van der Waals surface area contributed by atoms with Crippen LogP contribution in [0.25, 0.3) is 0 Å². The number of phenols is 1. The van der Waals surface area contributed by atoms with E-state index in [2.05, 4.69) is 0 Å². The van der Waals surface area contributed by atoms with Gasteiger partial charge in [0.25, 0.3) is 0 Å². The molecule has 2 aromatic carbocycles. The van der Waals surface area contributed by atoms with E-state index >= 15 is 0 Å². The monoisotopic (exact) mass is 411 g/mol. The summed E-state index contributed by atoms with van der Waals surface area (Å²) in [5.74, 6) is -0.667. The van der Waals surface area contributed by atoms with Crippen molar-refractivity contribution in [3.8, 4) is 5.75 Å². The number of rotatable bonds is 9. The van der Waals surface area contributed by atoms with Gasteiger partial charge in [0.1, 0.15) is 11.8 Å². The van der Waals surface area contributed by atoms with E-state index in [-0.39, 0.29) is 17.7 Å². The molecule has 2 aromatic rings. The number of nitrogens with two attached hydrogens (primary N) is 2. The standard InChI is InChI=1S/C24H33N3O3/c1-15-12-20(28)13-16(2)21(15)14-22(25)24(30)27(18(4)23(26)29)17(3)10-11-19-8-6-5-7-9-19/h5-9,12-13,17-18,22,28H,10-11,14,25H2,1-4H3,(H2,26,29)/t17-,18+,22-/m0/s1. The molecule has 5 N–H and O–H groups in total. The van der Waals surface area contributed by atoms with Crippen molar-refractivity contribution in [3.05, 3.63) is 64.7 Å². The Labute approximate surface area is 178 Å². The summed E-state index contributed by atoms with van der Waals surface area (Å²) in [7, 11) is 0. The van der Waals surface area contributed by atoms with Crippen LogP contribution < -0.4 is 11.5 Å². The molecule has 0 radical (unpaired) electrons. The van der Waals surface area contributed by atoms with Crippen LogP contribution >= 0.6 is 0 Å². The number of amides is 2. The fourth-order valence-electron chi connectivity index (χ4n) is 3.88.